The van der Waals surface area contributed by atoms with E-state index in [4.69, 9.17) is 32.7 Å². The van der Waals surface area contributed by atoms with Crippen LogP contribution in [0.1, 0.15) is 36.6 Å². The van der Waals surface area contributed by atoms with Gasteiger partial charge in [0, 0.05) is 26.1 Å². The highest BCUT2D eigenvalue weighted by Gasteiger charge is 2.15. The van der Waals surface area contributed by atoms with Crippen molar-refractivity contribution in [2.45, 2.75) is 0 Å². The molecule has 38 heavy (non-hydrogen) atoms. The summed E-state index contributed by atoms with van der Waals surface area (Å²) in [6.07, 6.45) is 1.31. The molecule has 0 bridgehead atoms. The monoisotopic (exact) mass is 610 g/mol. The highest BCUT2D eigenvalue weighted by Crippen LogP contribution is 2.26. The molecule has 0 atom stereocenters. The molecule has 0 aliphatic rings. The third-order valence-corrected chi connectivity index (χ3v) is 6.24. The van der Waals surface area contributed by atoms with Gasteiger partial charge in [-0.15, -0.1) is 0 Å². The summed E-state index contributed by atoms with van der Waals surface area (Å²) in [6, 6.07) is 23.6. The Bertz CT molecular complexity index is 1520. The van der Waals surface area contributed by atoms with Crippen LogP contribution in [-0.4, -0.2) is 24.1 Å². The molecule has 4 aromatic carbocycles. The van der Waals surface area contributed by atoms with Crippen molar-refractivity contribution in [1.82, 2.24) is 5.43 Å². The summed E-state index contributed by atoms with van der Waals surface area (Å²) >= 11 is 15.1. The van der Waals surface area contributed by atoms with E-state index in [2.05, 4.69) is 26.5 Å². The molecule has 1 N–H and O–H groups in total. The van der Waals surface area contributed by atoms with Gasteiger partial charge in [-0.1, -0.05) is 35.3 Å². The van der Waals surface area contributed by atoms with E-state index >= 15 is 0 Å². The van der Waals surface area contributed by atoms with Crippen molar-refractivity contribution < 1.29 is 23.9 Å². The Morgan fingerprint density at radius 3 is 1.95 bits per heavy atom. The number of halogens is 3. The van der Waals surface area contributed by atoms with Crippen LogP contribution in [-0.2, 0) is 0 Å². The normalized spacial score (nSPS) is 10.7. The Kier molecular flexibility index (Phi) is 8.91. The first-order chi connectivity index (χ1) is 18.3. The average molecular weight is 612 g/mol. The SMILES string of the molecule is O=C(Oc1ccc(C=NNC(=O)c2ccccc2Br)c(OC(=O)c2ccc(Cl)cc2)c1)c1ccc(Cl)cc1. The maximum absolute atomic E-state index is 12.8. The quantitative estimate of drug-likeness (QED) is 0.106. The number of ether oxygens (including phenoxy) is 2. The molecular formula is C28H17BrCl2N2O5. The van der Waals surface area contributed by atoms with E-state index in [1.165, 1.54) is 48.7 Å². The second-order valence-corrected chi connectivity index (χ2v) is 9.40. The van der Waals surface area contributed by atoms with Crippen LogP contribution in [0.2, 0.25) is 10.0 Å². The van der Waals surface area contributed by atoms with Crippen molar-refractivity contribution >= 4 is 63.2 Å². The molecule has 0 aromatic heterocycles. The van der Waals surface area contributed by atoms with Crippen molar-refractivity contribution in [3.05, 3.63) is 128 Å². The van der Waals surface area contributed by atoms with E-state index < -0.39 is 17.8 Å². The largest absolute Gasteiger partial charge is 0.423 e. The Morgan fingerprint density at radius 2 is 1.34 bits per heavy atom. The zero-order valence-corrected chi connectivity index (χ0v) is 22.5. The van der Waals surface area contributed by atoms with Crippen LogP contribution in [0, 0.1) is 0 Å². The number of esters is 2. The van der Waals surface area contributed by atoms with Gasteiger partial charge >= 0.3 is 11.9 Å². The number of hydrogen-bond acceptors (Lipinski definition) is 6. The molecule has 4 aromatic rings. The third kappa shape index (κ3) is 7.07. The van der Waals surface area contributed by atoms with Crippen LogP contribution in [0.15, 0.2) is 101 Å². The molecule has 0 aliphatic carbocycles. The van der Waals surface area contributed by atoms with E-state index in [1.807, 2.05) is 0 Å². The summed E-state index contributed by atoms with van der Waals surface area (Å²) in [7, 11) is 0. The lowest BCUT2D eigenvalue weighted by molar-refractivity contribution is 0.0732. The summed E-state index contributed by atoms with van der Waals surface area (Å²) in [6.45, 7) is 0. The molecule has 0 heterocycles. The second-order valence-electron chi connectivity index (χ2n) is 7.67. The predicted molar refractivity (Wildman–Crippen MR) is 148 cm³/mol. The third-order valence-electron chi connectivity index (χ3n) is 5.05. The van der Waals surface area contributed by atoms with Crippen molar-refractivity contribution in [2.75, 3.05) is 0 Å². The van der Waals surface area contributed by atoms with E-state index in [-0.39, 0.29) is 22.6 Å². The van der Waals surface area contributed by atoms with E-state index in [0.717, 1.165) is 0 Å². The molecule has 1 amide bonds. The molecule has 0 fully saturated rings. The Labute approximate surface area is 236 Å². The van der Waals surface area contributed by atoms with Crippen LogP contribution in [0.5, 0.6) is 11.5 Å². The second kappa shape index (κ2) is 12.5. The average Bonchev–Trinajstić information content (AvgIpc) is 2.90. The Morgan fingerprint density at radius 1 is 0.763 bits per heavy atom. The van der Waals surface area contributed by atoms with Gasteiger partial charge in [0.05, 0.1) is 22.9 Å². The standard InChI is InChI=1S/C28H17BrCl2N2O5/c29-24-4-2-1-3-23(24)26(34)33-32-16-19-9-14-22(37-27(35)17-5-10-20(30)11-6-17)15-25(19)38-28(36)18-7-12-21(31)13-8-18/h1-16H,(H,33,34). The Balaban J connectivity index is 1.57. The lowest BCUT2D eigenvalue weighted by Crippen LogP contribution is -2.18. The number of carbonyl (C=O) groups is 3. The molecule has 0 unspecified atom stereocenters. The van der Waals surface area contributed by atoms with E-state index in [0.29, 0.717) is 25.6 Å². The molecule has 0 aliphatic heterocycles. The number of amides is 1. The molecule has 0 spiro atoms. The molecule has 10 heteroatoms. The van der Waals surface area contributed by atoms with Crippen LogP contribution < -0.4 is 14.9 Å². The molecule has 0 radical (unpaired) electrons. The number of hydrogen-bond donors (Lipinski definition) is 1. The lowest BCUT2D eigenvalue weighted by atomic mass is 10.2. The fraction of sp³-hybridized carbons (Fsp3) is 0. The van der Waals surface area contributed by atoms with E-state index in [1.54, 1.807) is 48.5 Å². The van der Waals surface area contributed by atoms with Crippen molar-refractivity contribution in [3.63, 3.8) is 0 Å². The minimum absolute atomic E-state index is 0.0465. The van der Waals surface area contributed by atoms with E-state index in [9.17, 15) is 14.4 Å². The number of benzene rings is 4. The van der Waals surface area contributed by atoms with Crippen molar-refractivity contribution in [1.29, 1.82) is 0 Å². The molecule has 4 rings (SSSR count). The lowest BCUT2D eigenvalue weighted by Gasteiger charge is -2.11. The van der Waals surface area contributed by atoms with Gasteiger partial charge in [0.1, 0.15) is 11.5 Å². The van der Waals surface area contributed by atoms with Crippen LogP contribution in [0.3, 0.4) is 0 Å². The topological polar surface area (TPSA) is 94.1 Å². The molecule has 0 saturated carbocycles. The number of carbonyl (C=O) groups excluding carboxylic acids is 3. The van der Waals surface area contributed by atoms with Gasteiger partial charge in [-0.25, -0.2) is 15.0 Å². The molecular weight excluding hydrogens is 595 g/mol. The summed E-state index contributed by atoms with van der Waals surface area (Å²) in [5.74, 6) is -1.57. The summed E-state index contributed by atoms with van der Waals surface area (Å²) in [5.41, 5.74) is 3.70. The summed E-state index contributed by atoms with van der Waals surface area (Å²) in [5, 5.41) is 4.93. The van der Waals surface area contributed by atoms with Gasteiger partial charge in [0.15, 0.2) is 0 Å². The van der Waals surface area contributed by atoms with Crippen LogP contribution in [0.25, 0.3) is 0 Å². The zero-order valence-electron chi connectivity index (χ0n) is 19.4. The van der Waals surface area contributed by atoms with Gasteiger partial charge in [0.25, 0.3) is 5.91 Å². The summed E-state index contributed by atoms with van der Waals surface area (Å²) in [4.78, 5) is 37.8. The van der Waals surface area contributed by atoms with Gasteiger partial charge in [-0.3, -0.25) is 4.79 Å². The van der Waals surface area contributed by atoms with Crippen LogP contribution in [0.4, 0.5) is 0 Å². The van der Waals surface area contributed by atoms with Crippen molar-refractivity contribution in [2.24, 2.45) is 5.10 Å². The molecule has 7 nitrogen and oxygen atoms in total. The first-order valence-corrected chi connectivity index (χ1v) is 12.5. The van der Waals surface area contributed by atoms with Gasteiger partial charge in [-0.2, -0.15) is 5.10 Å². The van der Waals surface area contributed by atoms with Gasteiger partial charge < -0.3 is 9.47 Å². The van der Waals surface area contributed by atoms with Gasteiger partial charge in [0.2, 0.25) is 0 Å². The number of nitrogens with one attached hydrogen (secondary N) is 1. The number of nitrogens with zero attached hydrogens (tertiary/aromatic N) is 1. The molecule has 0 saturated heterocycles. The van der Waals surface area contributed by atoms with Crippen molar-refractivity contribution in [3.8, 4) is 11.5 Å². The number of rotatable bonds is 7. The highest BCUT2D eigenvalue weighted by molar-refractivity contribution is 9.10. The highest BCUT2D eigenvalue weighted by atomic mass is 79.9. The maximum Gasteiger partial charge on any atom is 0.343 e. The fourth-order valence-electron chi connectivity index (χ4n) is 3.14. The smallest absolute Gasteiger partial charge is 0.343 e. The molecule has 190 valence electrons. The fourth-order valence-corrected chi connectivity index (χ4v) is 3.85. The first-order valence-electron chi connectivity index (χ1n) is 11.0. The predicted octanol–water partition coefficient (Wildman–Crippen LogP) is 6.96. The Hall–Kier alpha value is -3.98. The minimum Gasteiger partial charge on any atom is -0.423 e. The van der Waals surface area contributed by atoms with Crippen LogP contribution >= 0.6 is 39.1 Å². The van der Waals surface area contributed by atoms with Gasteiger partial charge in [-0.05, 0) is 88.7 Å². The number of hydrazone groups is 1. The summed E-state index contributed by atoms with van der Waals surface area (Å²) < 4.78 is 11.6. The zero-order chi connectivity index (χ0) is 27.1. The minimum atomic E-state index is -0.672. The maximum atomic E-state index is 12.8. The first kappa shape index (κ1) is 27.1.